The van der Waals surface area contributed by atoms with Crippen LogP contribution in [0.2, 0.25) is 0 Å². The molecule has 0 radical (unpaired) electrons. The summed E-state index contributed by atoms with van der Waals surface area (Å²) < 4.78 is 28.1. The van der Waals surface area contributed by atoms with Crippen LogP contribution in [0.15, 0.2) is 58.4 Å². The normalized spacial score (nSPS) is 11.2. The van der Waals surface area contributed by atoms with Crippen LogP contribution >= 0.6 is 0 Å². The monoisotopic (exact) mass is 278 g/mol. The lowest BCUT2D eigenvalue weighted by Gasteiger charge is -2.09. The predicted octanol–water partition coefficient (Wildman–Crippen LogP) is 1.67. The van der Waals surface area contributed by atoms with Gasteiger partial charge in [-0.15, -0.1) is 0 Å². The molecule has 100 valence electrons. The van der Waals surface area contributed by atoms with E-state index in [0.717, 1.165) is 0 Å². The molecule has 1 aromatic heterocycles. The van der Waals surface area contributed by atoms with E-state index >= 15 is 0 Å². The van der Waals surface area contributed by atoms with E-state index in [1.54, 1.807) is 18.2 Å². The molecular weight excluding hydrogens is 264 g/mol. The molecule has 5 nitrogen and oxygen atoms in total. The fourth-order valence-corrected chi connectivity index (χ4v) is 2.72. The number of rotatable bonds is 4. The van der Waals surface area contributed by atoms with Crippen molar-refractivity contribution < 1.29 is 8.42 Å². The van der Waals surface area contributed by atoms with Crippen molar-refractivity contribution in [2.24, 2.45) is 0 Å². The van der Waals surface area contributed by atoms with Gasteiger partial charge in [0.15, 0.2) is 0 Å². The lowest BCUT2D eigenvalue weighted by molar-refractivity contribution is 0.601. The van der Waals surface area contributed by atoms with Crippen molar-refractivity contribution in [3.05, 3.63) is 59.0 Å². The zero-order valence-electron chi connectivity index (χ0n) is 10.4. The summed E-state index contributed by atoms with van der Waals surface area (Å²) in [6.07, 6.45) is 1.49. The van der Waals surface area contributed by atoms with Gasteiger partial charge in [-0.3, -0.25) is 9.52 Å². The highest BCUT2D eigenvalue weighted by atomic mass is 32.2. The Balaban J connectivity index is 2.34. The maximum atomic E-state index is 12.1. The van der Waals surface area contributed by atoms with E-state index in [-0.39, 0.29) is 10.5 Å². The van der Waals surface area contributed by atoms with Gasteiger partial charge in [0.2, 0.25) is 0 Å². The first kappa shape index (κ1) is 13.4. The van der Waals surface area contributed by atoms with E-state index in [4.69, 9.17) is 0 Å². The molecule has 2 rings (SSSR count). The Morgan fingerprint density at radius 1 is 1.11 bits per heavy atom. The van der Waals surface area contributed by atoms with Crippen LogP contribution < -0.4 is 10.3 Å². The molecule has 0 atom stereocenters. The summed E-state index contributed by atoms with van der Waals surface area (Å²) in [5.74, 6) is 0. The Bertz CT molecular complexity index is 721. The summed E-state index contributed by atoms with van der Waals surface area (Å²) in [6, 6.07) is 10.9. The number of anilines is 1. The molecule has 0 aliphatic carbocycles. The lowest BCUT2D eigenvalue weighted by atomic mass is 10.4. The van der Waals surface area contributed by atoms with Gasteiger partial charge < -0.3 is 4.57 Å². The Hall–Kier alpha value is -2.08. The van der Waals surface area contributed by atoms with Crippen molar-refractivity contribution in [1.29, 1.82) is 0 Å². The van der Waals surface area contributed by atoms with Crippen molar-refractivity contribution >= 4 is 15.7 Å². The molecule has 0 saturated heterocycles. The van der Waals surface area contributed by atoms with Gasteiger partial charge in [-0.25, -0.2) is 8.42 Å². The molecule has 2 aromatic rings. The fraction of sp³-hybridized carbons (Fsp3) is 0.154. The summed E-state index contributed by atoms with van der Waals surface area (Å²) >= 11 is 0. The first-order chi connectivity index (χ1) is 9.03. The second kappa shape index (κ2) is 5.27. The number of aryl methyl sites for hydroxylation is 1. The molecule has 6 heteroatoms. The molecule has 1 heterocycles. The Morgan fingerprint density at radius 2 is 1.79 bits per heavy atom. The van der Waals surface area contributed by atoms with E-state index in [0.29, 0.717) is 12.2 Å². The maximum Gasteiger partial charge on any atom is 0.261 e. The van der Waals surface area contributed by atoms with Crippen LogP contribution in [-0.4, -0.2) is 13.0 Å². The summed E-state index contributed by atoms with van der Waals surface area (Å²) in [5.41, 5.74) is 0.204. The predicted molar refractivity (Wildman–Crippen MR) is 73.6 cm³/mol. The Kier molecular flexibility index (Phi) is 3.71. The van der Waals surface area contributed by atoms with Crippen LogP contribution in [-0.2, 0) is 16.6 Å². The number of benzene rings is 1. The third kappa shape index (κ3) is 3.03. The van der Waals surface area contributed by atoms with Gasteiger partial charge in [0, 0.05) is 18.8 Å². The molecule has 0 unspecified atom stereocenters. The highest BCUT2D eigenvalue weighted by molar-refractivity contribution is 7.92. The number of hydrogen-bond donors (Lipinski definition) is 1. The molecule has 0 aliphatic heterocycles. The zero-order valence-corrected chi connectivity index (χ0v) is 11.2. The van der Waals surface area contributed by atoms with Gasteiger partial charge in [-0.1, -0.05) is 18.2 Å². The minimum atomic E-state index is -3.62. The van der Waals surface area contributed by atoms with Gasteiger partial charge in [0.05, 0.1) is 10.6 Å². The molecular formula is C13H14N2O3S. The number of sulfonamides is 1. The second-order valence-corrected chi connectivity index (χ2v) is 5.64. The van der Waals surface area contributed by atoms with Gasteiger partial charge in [0.25, 0.3) is 15.6 Å². The van der Waals surface area contributed by atoms with Crippen LogP contribution in [0.4, 0.5) is 5.69 Å². The quantitative estimate of drug-likeness (QED) is 0.925. The smallest absolute Gasteiger partial charge is 0.261 e. The molecule has 0 bridgehead atoms. The fourth-order valence-electron chi connectivity index (χ4n) is 1.65. The minimum absolute atomic E-state index is 0.162. The molecule has 0 saturated carbocycles. The molecule has 19 heavy (non-hydrogen) atoms. The van der Waals surface area contributed by atoms with Crippen molar-refractivity contribution in [3.63, 3.8) is 0 Å². The van der Waals surface area contributed by atoms with Crippen LogP contribution in [0.5, 0.6) is 0 Å². The first-order valence-corrected chi connectivity index (χ1v) is 7.29. The molecule has 0 aliphatic rings. The number of pyridine rings is 1. The van der Waals surface area contributed by atoms with Crippen LogP contribution in [0.3, 0.4) is 0 Å². The summed E-state index contributed by atoms with van der Waals surface area (Å²) in [7, 11) is -3.62. The molecule has 1 aromatic carbocycles. The highest BCUT2D eigenvalue weighted by Gasteiger charge is 2.13. The van der Waals surface area contributed by atoms with Crippen LogP contribution in [0.1, 0.15) is 6.92 Å². The Labute approximate surface area is 111 Å². The van der Waals surface area contributed by atoms with E-state index in [2.05, 4.69) is 4.72 Å². The van der Waals surface area contributed by atoms with Gasteiger partial charge in [-0.2, -0.15) is 0 Å². The van der Waals surface area contributed by atoms with Crippen LogP contribution in [0, 0.1) is 0 Å². The third-order valence-electron chi connectivity index (χ3n) is 2.63. The van der Waals surface area contributed by atoms with Gasteiger partial charge >= 0.3 is 0 Å². The van der Waals surface area contributed by atoms with Crippen molar-refractivity contribution in [3.8, 4) is 0 Å². The summed E-state index contributed by atoms with van der Waals surface area (Å²) in [6.45, 7) is 2.30. The molecule has 0 amide bonds. The lowest BCUT2D eigenvalue weighted by Crippen LogP contribution is -2.20. The number of nitrogens with zero attached hydrogens (tertiary/aromatic N) is 1. The number of nitrogens with one attached hydrogen (secondary N) is 1. The number of aromatic nitrogens is 1. The largest absolute Gasteiger partial charge is 0.314 e. The van der Waals surface area contributed by atoms with E-state index < -0.39 is 10.0 Å². The average Bonchev–Trinajstić information content (AvgIpc) is 2.42. The van der Waals surface area contributed by atoms with Crippen LogP contribution in [0.25, 0.3) is 0 Å². The maximum absolute atomic E-state index is 12.1. The molecule has 0 spiro atoms. The average molecular weight is 278 g/mol. The Morgan fingerprint density at radius 3 is 2.42 bits per heavy atom. The SMILES string of the molecule is CCn1cc(NS(=O)(=O)c2ccccc2)ccc1=O. The molecule has 1 N–H and O–H groups in total. The zero-order chi connectivity index (χ0) is 13.9. The second-order valence-electron chi connectivity index (χ2n) is 3.96. The van der Waals surface area contributed by atoms with Crippen molar-refractivity contribution in [2.75, 3.05) is 4.72 Å². The minimum Gasteiger partial charge on any atom is -0.314 e. The van der Waals surface area contributed by atoms with Gasteiger partial charge in [0.1, 0.15) is 0 Å². The van der Waals surface area contributed by atoms with E-state index in [9.17, 15) is 13.2 Å². The number of hydrogen-bond acceptors (Lipinski definition) is 3. The summed E-state index contributed by atoms with van der Waals surface area (Å²) in [4.78, 5) is 11.6. The van der Waals surface area contributed by atoms with Crippen molar-refractivity contribution in [2.45, 2.75) is 18.4 Å². The summed E-state index contributed by atoms with van der Waals surface area (Å²) in [5, 5.41) is 0. The van der Waals surface area contributed by atoms with Gasteiger partial charge in [-0.05, 0) is 25.1 Å². The topological polar surface area (TPSA) is 68.2 Å². The standard InChI is InChI=1S/C13H14N2O3S/c1-2-15-10-11(8-9-13(15)16)14-19(17,18)12-6-4-3-5-7-12/h3-10,14H,2H2,1H3. The highest BCUT2D eigenvalue weighted by Crippen LogP contribution is 2.14. The van der Waals surface area contributed by atoms with E-state index in [1.165, 1.54) is 35.0 Å². The first-order valence-electron chi connectivity index (χ1n) is 5.81. The van der Waals surface area contributed by atoms with Crippen molar-refractivity contribution in [1.82, 2.24) is 4.57 Å². The van der Waals surface area contributed by atoms with E-state index in [1.807, 2.05) is 6.92 Å². The molecule has 0 fully saturated rings. The third-order valence-corrected chi connectivity index (χ3v) is 4.03.